The van der Waals surface area contributed by atoms with Crippen molar-refractivity contribution in [3.05, 3.63) is 29.8 Å². The highest BCUT2D eigenvalue weighted by molar-refractivity contribution is 5.94. The van der Waals surface area contributed by atoms with Crippen LogP contribution in [0.2, 0.25) is 0 Å². The summed E-state index contributed by atoms with van der Waals surface area (Å²) in [6.07, 6.45) is 0. The maximum Gasteiger partial charge on any atom is 0.240 e. The Kier molecular flexibility index (Phi) is 7.18. The number of hydrogen-bond donors (Lipinski definition) is 1. The van der Waals surface area contributed by atoms with E-state index >= 15 is 0 Å². The van der Waals surface area contributed by atoms with Crippen molar-refractivity contribution in [1.29, 1.82) is 0 Å². The fraction of sp³-hybridized carbons (Fsp3) is 0.571. The summed E-state index contributed by atoms with van der Waals surface area (Å²) in [5.41, 5.74) is 1.50. The molecule has 0 unspecified atom stereocenters. The smallest absolute Gasteiger partial charge is 0.240 e. The van der Waals surface area contributed by atoms with E-state index < -0.39 is 0 Å². The fourth-order valence-corrected chi connectivity index (χ4v) is 3.14. The third kappa shape index (κ3) is 6.64. The molecule has 0 saturated carbocycles. The van der Waals surface area contributed by atoms with Gasteiger partial charge in [0.2, 0.25) is 11.8 Å². The van der Waals surface area contributed by atoms with Gasteiger partial charge in [-0.05, 0) is 52.0 Å². The average Bonchev–Trinajstić information content (AvgIpc) is 2.60. The molecule has 7 heteroatoms. The Bertz CT molecular complexity index is 701. The molecule has 2 rings (SSSR count). The summed E-state index contributed by atoms with van der Waals surface area (Å²) in [5, 5.41) is 2.87. The quantitative estimate of drug-likeness (QED) is 0.746. The van der Waals surface area contributed by atoms with Crippen LogP contribution in [0.1, 0.15) is 38.1 Å². The van der Waals surface area contributed by atoms with Crippen LogP contribution in [0.5, 0.6) is 0 Å². The normalized spacial score (nSPS) is 15.2. The molecule has 28 heavy (non-hydrogen) atoms. The molecule has 1 aliphatic rings. The van der Waals surface area contributed by atoms with Gasteiger partial charge in [0.05, 0.1) is 13.1 Å². The van der Waals surface area contributed by atoms with Crippen molar-refractivity contribution in [3.63, 3.8) is 0 Å². The second-order valence-electron chi connectivity index (χ2n) is 8.41. The molecule has 1 aliphatic heterocycles. The van der Waals surface area contributed by atoms with Gasteiger partial charge in [0.25, 0.3) is 0 Å². The van der Waals surface area contributed by atoms with Gasteiger partial charge < -0.3 is 15.1 Å². The SMILES string of the molecule is CC(=O)c1ccc(N2CCN(CC(=O)N(C)CC(=O)NC(C)(C)C)CC2)cc1. The lowest BCUT2D eigenvalue weighted by Crippen LogP contribution is -2.51. The number of nitrogens with zero attached hydrogens (tertiary/aromatic N) is 3. The largest absolute Gasteiger partial charge is 0.369 e. The molecule has 0 atom stereocenters. The molecule has 1 aromatic rings. The van der Waals surface area contributed by atoms with E-state index in [1.165, 1.54) is 4.90 Å². The molecule has 1 fully saturated rings. The Morgan fingerprint density at radius 1 is 1.04 bits per heavy atom. The molecular formula is C21H32N4O3. The van der Waals surface area contributed by atoms with E-state index in [9.17, 15) is 14.4 Å². The van der Waals surface area contributed by atoms with Gasteiger partial charge >= 0.3 is 0 Å². The number of benzene rings is 1. The number of nitrogens with one attached hydrogen (secondary N) is 1. The summed E-state index contributed by atoms with van der Waals surface area (Å²) in [4.78, 5) is 41.6. The predicted molar refractivity (Wildman–Crippen MR) is 111 cm³/mol. The number of Topliss-reactive ketones (excluding diaryl/α,β-unsaturated/α-hetero) is 1. The standard InChI is InChI=1S/C21H32N4O3/c1-16(26)17-6-8-18(9-7-17)25-12-10-24(11-13-25)15-20(28)23(5)14-19(27)22-21(2,3)4/h6-9H,10-15H2,1-5H3,(H,22,27). The first kappa shape index (κ1) is 21.9. The first-order valence-corrected chi connectivity index (χ1v) is 9.68. The van der Waals surface area contributed by atoms with Crippen LogP contribution in [0.4, 0.5) is 5.69 Å². The van der Waals surface area contributed by atoms with Crippen molar-refractivity contribution in [2.45, 2.75) is 33.2 Å². The van der Waals surface area contributed by atoms with Crippen LogP contribution >= 0.6 is 0 Å². The van der Waals surface area contributed by atoms with E-state index in [0.29, 0.717) is 12.1 Å². The number of likely N-dealkylation sites (N-methyl/N-ethyl adjacent to an activating group) is 1. The van der Waals surface area contributed by atoms with Crippen molar-refractivity contribution in [2.24, 2.45) is 0 Å². The van der Waals surface area contributed by atoms with Gasteiger partial charge in [0.1, 0.15) is 0 Å². The summed E-state index contributed by atoms with van der Waals surface area (Å²) in [7, 11) is 1.66. The van der Waals surface area contributed by atoms with Crippen molar-refractivity contribution < 1.29 is 14.4 Å². The van der Waals surface area contributed by atoms with Crippen LogP contribution in [-0.4, -0.2) is 79.3 Å². The number of carbonyl (C=O) groups is 3. The monoisotopic (exact) mass is 388 g/mol. The zero-order valence-corrected chi connectivity index (χ0v) is 17.6. The molecular weight excluding hydrogens is 356 g/mol. The number of amides is 2. The number of rotatable bonds is 6. The molecule has 0 aliphatic carbocycles. The first-order valence-electron chi connectivity index (χ1n) is 9.68. The molecule has 154 valence electrons. The topological polar surface area (TPSA) is 73.0 Å². The Morgan fingerprint density at radius 3 is 2.11 bits per heavy atom. The maximum atomic E-state index is 12.4. The van der Waals surface area contributed by atoms with Gasteiger partial charge in [0, 0.05) is 50.0 Å². The fourth-order valence-electron chi connectivity index (χ4n) is 3.14. The average molecular weight is 389 g/mol. The van der Waals surface area contributed by atoms with E-state index in [-0.39, 0.29) is 29.7 Å². The van der Waals surface area contributed by atoms with Crippen LogP contribution < -0.4 is 10.2 Å². The lowest BCUT2D eigenvalue weighted by atomic mass is 10.1. The van der Waals surface area contributed by atoms with E-state index in [1.54, 1.807) is 14.0 Å². The number of carbonyl (C=O) groups excluding carboxylic acids is 3. The van der Waals surface area contributed by atoms with Gasteiger partial charge in [-0.15, -0.1) is 0 Å². The lowest BCUT2D eigenvalue weighted by Gasteiger charge is -2.36. The van der Waals surface area contributed by atoms with E-state index in [2.05, 4.69) is 15.1 Å². The Hall–Kier alpha value is -2.41. The van der Waals surface area contributed by atoms with Crippen LogP contribution in [0.25, 0.3) is 0 Å². The van der Waals surface area contributed by atoms with Crippen LogP contribution in [0.3, 0.4) is 0 Å². The Labute approximate surface area is 167 Å². The summed E-state index contributed by atoms with van der Waals surface area (Å²) in [6.45, 7) is 10.9. The molecule has 2 amide bonds. The maximum absolute atomic E-state index is 12.4. The molecule has 1 heterocycles. The summed E-state index contributed by atoms with van der Waals surface area (Å²) >= 11 is 0. The van der Waals surface area contributed by atoms with E-state index in [4.69, 9.17) is 0 Å². The molecule has 1 N–H and O–H groups in total. The zero-order valence-electron chi connectivity index (χ0n) is 17.6. The molecule has 0 aromatic heterocycles. The Morgan fingerprint density at radius 2 is 1.61 bits per heavy atom. The second kappa shape index (κ2) is 9.19. The van der Waals surface area contributed by atoms with Crippen molar-refractivity contribution in [3.8, 4) is 0 Å². The molecule has 1 saturated heterocycles. The highest BCUT2D eigenvalue weighted by Gasteiger charge is 2.22. The minimum Gasteiger partial charge on any atom is -0.369 e. The highest BCUT2D eigenvalue weighted by Crippen LogP contribution is 2.17. The van der Waals surface area contributed by atoms with Gasteiger partial charge in [-0.3, -0.25) is 19.3 Å². The molecule has 0 radical (unpaired) electrons. The third-order valence-electron chi connectivity index (χ3n) is 4.69. The first-order chi connectivity index (χ1) is 13.0. The van der Waals surface area contributed by atoms with Crippen molar-refractivity contribution in [1.82, 2.24) is 15.1 Å². The van der Waals surface area contributed by atoms with Crippen molar-refractivity contribution >= 4 is 23.3 Å². The molecule has 0 spiro atoms. The van der Waals surface area contributed by atoms with Crippen LogP contribution in [0.15, 0.2) is 24.3 Å². The molecule has 0 bridgehead atoms. The second-order valence-corrected chi connectivity index (χ2v) is 8.41. The van der Waals surface area contributed by atoms with Gasteiger partial charge in [-0.2, -0.15) is 0 Å². The zero-order chi connectivity index (χ0) is 20.9. The number of ketones is 1. The number of piperazine rings is 1. The minimum absolute atomic E-state index is 0.0525. The summed E-state index contributed by atoms with van der Waals surface area (Å²) in [5.74, 6) is -0.138. The summed E-state index contributed by atoms with van der Waals surface area (Å²) in [6, 6.07) is 7.65. The summed E-state index contributed by atoms with van der Waals surface area (Å²) < 4.78 is 0. The number of hydrogen-bond acceptors (Lipinski definition) is 5. The van der Waals surface area contributed by atoms with Crippen LogP contribution in [0, 0.1) is 0 Å². The minimum atomic E-state index is -0.306. The van der Waals surface area contributed by atoms with Crippen molar-refractivity contribution in [2.75, 3.05) is 51.2 Å². The van der Waals surface area contributed by atoms with E-state index in [1.807, 2.05) is 45.0 Å². The van der Waals surface area contributed by atoms with Gasteiger partial charge in [-0.1, -0.05) is 0 Å². The molecule has 1 aromatic carbocycles. The Balaban J connectivity index is 1.79. The lowest BCUT2D eigenvalue weighted by molar-refractivity contribution is -0.136. The number of anilines is 1. The molecule has 7 nitrogen and oxygen atoms in total. The van der Waals surface area contributed by atoms with Crippen LogP contribution in [-0.2, 0) is 9.59 Å². The van der Waals surface area contributed by atoms with Gasteiger partial charge in [-0.25, -0.2) is 0 Å². The van der Waals surface area contributed by atoms with Gasteiger partial charge in [0.15, 0.2) is 5.78 Å². The predicted octanol–water partition coefficient (Wildman–Crippen LogP) is 1.38. The van der Waals surface area contributed by atoms with E-state index in [0.717, 1.165) is 31.9 Å². The third-order valence-corrected chi connectivity index (χ3v) is 4.69. The highest BCUT2D eigenvalue weighted by atomic mass is 16.2.